The highest BCUT2D eigenvalue weighted by molar-refractivity contribution is 7.99. The molecule has 0 N–H and O–H groups in total. The van der Waals surface area contributed by atoms with Crippen LogP contribution in [0.25, 0.3) is 0 Å². The molecule has 0 aromatic heterocycles. The van der Waals surface area contributed by atoms with Gasteiger partial charge in [0, 0.05) is 5.25 Å². The predicted molar refractivity (Wildman–Crippen MR) is 118 cm³/mol. The molecule has 3 rings (SSSR count). The highest BCUT2D eigenvalue weighted by Crippen LogP contribution is 2.64. The number of carbonyl (C=O) groups is 2. The van der Waals surface area contributed by atoms with Gasteiger partial charge in [-0.3, -0.25) is 9.59 Å². The van der Waals surface area contributed by atoms with Gasteiger partial charge in [0.05, 0.1) is 17.9 Å². The van der Waals surface area contributed by atoms with E-state index < -0.39 is 10.8 Å². The molecule has 0 aromatic carbocycles. The number of esters is 2. The number of fused-ring (bicyclic) bond motifs is 3. The van der Waals surface area contributed by atoms with Gasteiger partial charge in [-0.15, -0.1) is 0 Å². The number of allylic oxidation sites excluding steroid dienone is 1. The molecule has 5 heteroatoms. The van der Waals surface area contributed by atoms with E-state index in [9.17, 15) is 9.59 Å². The Bertz CT molecular complexity index is 716. The molecule has 0 spiro atoms. The second-order valence-electron chi connectivity index (χ2n) is 9.79. The number of methoxy groups -OCH3 is 1. The van der Waals surface area contributed by atoms with Crippen molar-refractivity contribution < 1.29 is 19.1 Å². The van der Waals surface area contributed by atoms with Gasteiger partial charge in [0.25, 0.3) is 0 Å². The Balaban J connectivity index is 1.99. The van der Waals surface area contributed by atoms with Gasteiger partial charge in [-0.2, -0.15) is 11.8 Å². The Labute approximate surface area is 179 Å². The molecule has 0 bridgehead atoms. The Morgan fingerprint density at radius 3 is 2.55 bits per heavy atom. The molecule has 0 aliphatic heterocycles. The van der Waals surface area contributed by atoms with Crippen LogP contribution in [0, 0.1) is 28.1 Å². The van der Waals surface area contributed by atoms with Crippen LogP contribution in [-0.2, 0) is 19.1 Å². The molecular formula is C24H36O4S. The van der Waals surface area contributed by atoms with Crippen molar-refractivity contribution >= 4 is 23.7 Å². The first-order chi connectivity index (χ1) is 13.7. The standard InChI is InChI=1S/C24H36O4S/c1-7-13-28-21(26)24(4)15-16-9-10-18-22(2,17(16)14-19(24)29-6)11-8-12-23(18,3)20(25)27-5/h7,14,16,18-19H,1,8-13,15H2,2-6H3/t16-,18+,19?,22+,23-,24+/m1/s1. The van der Waals surface area contributed by atoms with Crippen molar-refractivity contribution in [3.8, 4) is 0 Å². The molecule has 2 fully saturated rings. The van der Waals surface area contributed by atoms with E-state index in [4.69, 9.17) is 9.47 Å². The van der Waals surface area contributed by atoms with Gasteiger partial charge >= 0.3 is 11.9 Å². The Kier molecular flexibility index (Phi) is 6.29. The average Bonchev–Trinajstić information content (AvgIpc) is 2.70. The maximum atomic E-state index is 12.9. The van der Waals surface area contributed by atoms with E-state index in [0.717, 1.165) is 38.5 Å². The van der Waals surface area contributed by atoms with Gasteiger partial charge in [0.15, 0.2) is 0 Å². The molecule has 0 saturated heterocycles. The molecule has 4 nitrogen and oxygen atoms in total. The zero-order valence-corrected chi connectivity index (χ0v) is 19.4. The van der Waals surface area contributed by atoms with Gasteiger partial charge in [-0.1, -0.05) is 37.6 Å². The van der Waals surface area contributed by atoms with E-state index in [-0.39, 0.29) is 29.2 Å². The number of hydrogen-bond acceptors (Lipinski definition) is 5. The van der Waals surface area contributed by atoms with Crippen LogP contribution in [-0.4, -0.2) is 37.2 Å². The van der Waals surface area contributed by atoms with Crippen molar-refractivity contribution in [2.75, 3.05) is 20.0 Å². The third-order valence-corrected chi connectivity index (χ3v) is 9.33. The minimum absolute atomic E-state index is 0.00949. The van der Waals surface area contributed by atoms with Crippen molar-refractivity contribution in [2.45, 2.75) is 64.5 Å². The van der Waals surface area contributed by atoms with Crippen LogP contribution in [0.5, 0.6) is 0 Å². The molecule has 3 aliphatic carbocycles. The van der Waals surface area contributed by atoms with Crippen LogP contribution >= 0.6 is 11.8 Å². The quantitative estimate of drug-likeness (QED) is 0.453. The largest absolute Gasteiger partial charge is 0.469 e. The van der Waals surface area contributed by atoms with Gasteiger partial charge in [0.2, 0.25) is 0 Å². The Morgan fingerprint density at radius 2 is 1.93 bits per heavy atom. The molecule has 0 amide bonds. The molecule has 3 aliphatic rings. The minimum Gasteiger partial charge on any atom is -0.469 e. The lowest BCUT2D eigenvalue weighted by atomic mass is 9.46. The fraction of sp³-hybridized carbons (Fsp3) is 0.750. The number of carbonyl (C=O) groups excluding carboxylic acids is 2. The fourth-order valence-electron chi connectivity index (χ4n) is 6.66. The average molecular weight is 421 g/mol. The summed E-state index contributed by atoms with van der Waals surface area (Å²) >= 11 is 1.72. The van der Waals surface area contributed by atoms with Crippen LogP contribution in [0.4, 0.5) is 0 Å². The fourth-order valence-corrected chi connectivity index (χ4v) is 7.66. The summed E-state index contributed by atoms with van der Waals surface area (Å²) in [5.41, 5.74) is 0.508. The summed E-state index contributed by atoms with van der Waals surface area (Å²) in [6.45, 7) is 10.4. The van der Waals surface area contributed by atoms with Crippen LogP contribution in [0.3, 0.4) is 0 Å². The topological polar surface area (TPSA) is 52.6 Å². The first-order valence-electron chi connectivity index (χ1n) is 10.8. The van der Waals surface area contributed by atoms with Crippen molar-refractivity contribution in [2.24, 2.45) is 28.1 Å². The first kappa shape index (κ1) is 22.5. The zero-order chi connectivity index (χ0) is 21.4. The second kappa shape index (κ2) is 8.13. The third-order valence-electron chi connectivity index (χ3n) is 8.17. The zero-order valence-electron chi connectivity index (χ0n) is 18.6. The van der Waals surface area contributed by atoms with Crippen LogP contribution in [0.1, 0.15) is 59.3 Å². The highest BCUT2D eigenvalue weighted by Gasteiger charge is 2.60. The van der Waals surface area contributed by atoms with Crippen molar-refractivity contribution in [1.29, 1.82) is 0 Å². The summed E-state index contributed by atoms with van der Waals surface area (Å²) in [6, 6.07) is 0. The SMILES string of the molecule is C=CCOC(=O)[C@@]1(C)C[C@H]2CC[C@@H]3[C@](C)(C(=O)OC)CCC[C@@]3(C)C2=CC1SC. The molecule has 0 aromatic rings. The Morgan fingerprint density at radius 1 is 1.21 bits per heavy atom. The summed E-state index contributed by atoms with van der Waals surface area (Å²) in [4.78, 5) is 25.7. The third kappa shape index (κ3) is 3.47. The van der Waals surface area contributed by atoms with Crippen LogP contribution < -0.4 is 0 Å². The summed E-state index contributed by atoms with van der Waals surface area (Å²) in [5.74, 6) is 0.476. The minimum atomic E-state index is -0.528. The van der Waals surface area contributed by atoms with E-state index >= 15 is 0 Å². The summed E-state index contributed by atoms with van der Waals surface area (Å²) in [5, 5.41) is 0.0768. The molecule has 162 valence electrons. The number of rotatable bonds is 5. The van der Waals surface area contributed by atoms with Crippen molar-refractivity contribution in [3.63, 3.8) is 0 Å². The smallest absolute Gasteiger partial charge is 0.313 e. The van der Waals surface area contributed by atoms with Gasteiger partial charge in [-0.25, -0.2) is 0 Å². The maximum Gasteiger partial charge on any atom is 0.313 e. The Hall–Kier alpha value is -1.23. The molecule has 1 unspecified atom stereocenters. The van der Waals surface area contributed by atoms with Crippen LogP contribution in [0.2, 0.25) is 0 Å². The molecule has 2 saturated carbocycles. The normalized spacial score (nSPS) is 41.4. The summed E-state index contributed by atoms with van der Waals surface area (Å²) in [6.07, 6.45) is 11.9. The molecule has 6 atom stereocenters. The van der Waals surface area contributed by atoms with Crippen molar-refractivity contribution in [3.05, 3.63) is 24.3 Å². The monoisotopic (exact) mass is 420 g/mol. The molecule has 29 heavy (non-hydrogen) atoms. The lowest BCUT2D eigenvalue weighted by Gasteiger charge is -2.58. The van der Waals surface area contributed by atoms with E-state index in [1.807, 2.05) is 0 Å². The van der Waals surface area contributed by atoms with Gasteiger partial charge in [-0.05, 0) is 69.5 Å². The number of thioether (sulfide) groups is 1. The number of hydrogen-bond donors (Lipinski definition) is 0. The van der Waals surface area contributed by atoms with Crippen LogP contribution in [0.15, 0.2) is 24.3 Å². The van der Waals surface area contributed by atoms with E-state index in [0.29, 0.717) is 11.8 Å². The lowest BCUT2D eigenvalue weighted by Crippen LogP contribution is -2.55. The van der Waals surface area contributed by atoms with E-state index in [1.165, 1.54) is 12.7 Å². The highest BCUT2D eigenvalue weighted by atomic mass is 32.2. The lowest BCUT2D eigenvalue weighted by molar-refractivity contribution is -0.164. The number of ether oxygens (including phenoxy) is 2. The molecular weight excluding hydrogens is 384 g/mol. The molecule has 0 heterocycles. The first-order valence-corrected chi connectivity index (χ1v) is 12.1. The summed E-state index contributed by atoms with van der Waals surface area (Å²) < 4.78 is 10.7. The second-order valence-corrected chi connectivity index (χ2v) is 10.8. The van der Waals surface area contributed by atoms with E-state index in [2.05, 4.69) is 39.7 Å². The summed E-state index contributed by atoms with van der Waals surface area (Å²) in [7, 11) is 1.51. The van der Waals surface area contributed by atoms with Gasteiger partial charge < -0.3 is 9.47 Å². The van der Waals surface area contributed by atoms with Crippen molar-refractivity contribution in [1.82, 2.24) is 0 Å². The maximum absolute atomic E-state index is 12.9. The van der Waals surface area contributed by atoms with E-state index in [1.54, 1.807) is 17.8 Å². The molecule has 0 radical (unpaired) electrons. The predicted octanol–water partition coefficient (Wildman–Crippen LogP) is 5.18. The van der Waals surface area contributed by atoms with Gasteiger partial charge in [0.1, 0.15) is 6.61 Å².